The first-order valence-corrected chi connectivity index (χ1v) is 7.07. The standard InChI is InChI=1S/C17H20O3/c1-4-10(2)11(3)9-14-15(18)12-7-5-6-8-13(12)16(19)17(14)20/h5-8,10-11,18H,4,9H2,1-3H3. The van der Waals surface area contributed by atoms with Crippen LogP contribution in [0.3, 0.4) is 0 Å². The predicted octanol–water partition coefficient (Wildman–Crippen LogP) is 3.79. The smallest absolute Gasteiger partial charge is 0.234 e. The lowest BCUT2D eigenvalue weighted by Crippen LogP contribution is -2.25. The van der Waals surface area contributed by atoms with Gasteiger partial charge in [0.25, 0.3) is 0 Å². The Morgan fingerprint density at radius 1 is 1.00 bits per heavy atom. The predicted molar refractivity (Wildman–Crippen MR) is 78.6 cm³/mol. The molecule has 0 aromatic heterocycles. The number of hydrogen-bond acceptors (Lipinski definition) is 3. The van der Waals surface area contributed by atoms with E-state index < -0.39 is 11.6 Å². The highest BCUT2D eigenvalue weighted by Crippen LogP contribution is 2.32. The van der Waals surface area contributed by atoms with E-state index in [1.165, 1.54) is 0 Å². The van der Waals surface area contributed by atoms with Crippen LogP contribution in [0.15, 0.2) is 29.8 Å². The first kappa shape index (κ1) is 14.5. The number of Topliss-reactive ketones (excluding diaryl/α,β-unsaturated/α-hetero) is 2. The highest BCUT2D eigenvalue weighted by molar-refractivity contribution is 6.52. The molecule has 2 rings (SSSR count). The number of ketones is 2. The van der Waals surface area contributed by atoms with E-state index in [2.05, 4.69) is 13.8 Å². The number of carbonyl (C=O) groups is 2. The molecule has 1 aliphatic carbocycles. The molecule has 0 aliphatic heterocycles. The molecule has 106 valence electrons. The molecule has 3 nitrogen and oxygen atoms in total. The van der Waals surface area contributed by atoms with Crippen molar-refractivity contribution in [1.82, 2.24) is 0 Å². The molecule has 0 bridgehead atoms. The SMILES string of the molecule is CCC(C)C(C)CC1=C(O)c2ccccc2C(=O)C1=O. The first-order chi connectivity index (χ1) is 9.47. The lowest BCUT2D eigenvalue weighted by molar-refractivity contribution is -0.112. The van der Waals surface area contributed by atoms with E-state index in [-0.39, 0.29) is 17.3 Å². The summed E-state index contributed by atoms with van der Waals surface area (Å²) in [5.41, 5.74) is 1.04. The van der Waals surface area contributed by atoms with Crippen molar-refractivity contribution in [3.05, 3.63) is 41.0 Å². The number of carbonyl (C=O) groups excluding carboxylic acids is 2. The Morgan fingerprint density at radius 2 is 1.60 bits per heavy atom. The maximum Gasteiger partial charge on any atom is 0.234 e. The number of aliphatic hydroxyl groups excluding tert-OH is 1. The second-order valence-corrected chi connectivity index (χ2v) is 5.60. The molecule has 1 aromatic carbocycles. The third kappa shape index (κ3) is 2.40. The Morgan fingerprint density at radius 3 is 2.20 bits per heavy atom. The van der Waals surface area contributed by atoms with Gasteiger partial charge in [0, 0.05) is 16.7 Å². The maximum atomic E-state index is 12.2. The van der Waals surface area contributed by atoms with Crippen LogP contribution in [0.25, 0.3) is 5.76 Å². The fourth-order valence-electron chi connectivity index (χ4n) is 2.53. The minimum absolute atomic E-state index is 0.0275. The lowest BCUT2D eigenvalue weighted by Gasteiger charge is -2.23. The van der Waals surface area contributed by atoms with Gasteiger partial charge >= 0.3 is 0 Å². The van der Waals surface area contributed by atoms with E-state index in [4.69, 9.17) is 0 Å². The Bertz CT molecular complexity index is 584. The van der Waals surface area contributed by atoms with Crippen molar-refractivity contribution in [2.45, 2.75) is 33.6 Å². The summed E-state index contributed by atoms with van der Waals surface area (Å²) in [6.45, 7) is 6.26. The molecule has 3 heteroatoms. The van der Waals surface area contributed by atoms with E-state index in [1.807, 2.05) is 6.92 Å². The average Bonchev–Trinajstić information content (AvgIpc) is 2.48. The second kappa shape index (κ2) is 5.61. The Balaban J connectivity index is 2.42. The second-order valence-electron chi connectivity index (χ2n) is 5.60. The molecule has 0 saturated heterocycles. The molecule has 1 N–H and O–H groups in total. The Hall–Kier alpha value is -1.90. The highest BCUT2D eigenvalue weighted by atomic mass is 16.3. The van der Waals surface area contributed by atoms with E-state index in [9.17, 15) is 14.7 Å². The lowest BCUT2D eigenvalue weighted by atomic mass is 9.81. The molecule has 20 heavy (non-hydrogen) atoms. The van der Waals surface area contributed by atoms with Crippen molar-refractivity contribution in [2.24, 2.45) is 11.8 Å². The zero-order valence-electron chi connectivity index (χ0n) is 12.1. The number of benzene rings is 1. The van der Waals surface area contributed by atoms with Gasteiger partial charge in [0.05, 0.1) is 0 Å². The molecule has 1 aliphatic rings. The minimum atomic E-state index is -0.559. The molecule has 2 atom stereocenters. The van der Waals surface area contributed by atoms with E-state index >= 15 is 0 Å². The Kier molecular flexibility index (Phi) is 4.07. The van der Waals surface area contributed by atoms with Crippen molar-refractivity contribution >= 4 is 17.3 Å². The molecule has 0 amide bonds. The fraction of sp³-hybridized carbons (Fsp3) is 0.412. The van der Waals surface area contributed by atoms with Crippen molar-refractivity contribution in [2.75, 3.05) is 0 Å². The van der Waals surface area contributed by atoms with Crippen LogP contribution < -0.4 is 0 Å². The number of allylic oxidation sites excluding steroid dienone is 1. The summed E-state index contributed by atoms with van der Waals surface area (Å²) in [6.07, 6.45) is 1.45. The van der Waals surface area contributed by atoms with Crippen LogP contribution in [0.2, 0.25) is 0 Å². The van der Waals surface area contributed by atoms with Gasteiger partial charge in [-0.3, -0.25) is 9.59 Å². The summed E-state index contributed by atoms with van der Waals surface area (Å²) in [4.78, 5) is 24.3. The third-order valence-electron chi connectivity index (χ3n) is 4.33. The van der Waals surface area contributed by atoms with Gasteiger partial charge in [-0.1, -0.05) is 51.5 Å². The fourth-order valence-corrected chi connectivity index (χ4v) is 2.53. The summed E-state index contributed by atoms with van der Waals surface area (Å²) in [5.74, 6) is -0.406. The quantitative estimate of drug-likeness (QED) is 0.848. The molecule has 1 aromatic rings. The summed E-state index contributed by atoms with van der Waals surface area (Å²) < 4.78 is 0. The van der Waals surface area contributed by atoms with Crippen LogP contribution in [0.1, 0.15) is 49.5 Å². The zero-order valence-corrected chi connectivity index (χ0v) is 12.1. The summed E-state index contributed by atoms with van der Waals surface area (Å²) in [5, 5.41) is 10.3. The van der Waals surface area contributed by atoms with Crippen molar-refractivity contribution in [1.29, 1.82) is 0 Å². The van der Waals surface area contributed by atoms with Gasteiger partial charge in [0.2, 0.25) is 11.6 Å². The van der Waals surface area contributed by atoms with Gasteiger partial charge in [0.15, 0.2) is 0 Å². The molecule has 2 unspecified atom stereocenters. The van der Waals surface area contributed by atoms with Gasteiger partial charge in [0.1, 0.15) is 5.76 Å². The van der Waals surface area contributed by atoms with Gasteiger partial charge in [-0.2, -0.15) is 0 Å². The van der Waals surface area contributed by atoms with Gasteiger partial charge in [-0.05, 0) is 18.3 Å². The van der Waals surface area contributed by atoms with Gasteiger partial charge in [-0.25, -0.2) is 0 Å². The molecular weight excluding hydrogens is 252 g/mol. The van der Waals surface area contributed by atoms with Crippen LogP contribution in [-0.4, -0.2) is 16.7 Å². The van der Waals surface area contributed by atoms with E-state index in [0.717, 1.165) is 6.42 Å². The molecule has 0 fully saturated rings. The molecule has 0 spiro atoms. The number of hydrogen-bond donors (Lipinski definition) is 1. The Labute approximate surface area is 119 Å². The number of rotatable bonds is 4. The molecule has 0 saturated carbocycles. The van der Waals surface area contributed by atoms with Gasteiger partial charge < -0.3 is 5.11 Å². The highest BCUT2D eigenvalue weighted by Gasteiger charge is 2.33. The zero-order chi connectivity index (χ0) is 14.9. The van der Waals surface area contributed by atoms with Crippen LogP contribution in [0, 0.1) is 11.8 Å². The summed E-state index contributed by atoms with van der Waals surface area (Å²) >= 11 is 0. The van der Waals surface area contributed by atoms with Crippen molar-refractivity contribution in [3.8, 4) is 0 Å². The minimum Gasteiger partial charge on any atom is -0.507 e. The third-order valence-corrected chi connectivity index (χ3v) is 4.33. The number of fused-ring (bicyclic) bond motifs is 1. The molecule has 0 heterocycles. The van der Waals surface area contributed by atoms with E-state index in [1.54, 1.807) is 24.3 Å². The van der Waals surface area contributed by atoms with Crippen LogP contribution >= 0.6 is 0 Å². The molecular formula is C17H20O3. The summed E-state index contributed by atoms with van der Waals surface area (Å²) in [7, 11) is 0. The van der Waals surface area contributed by atoms with Crippen LogP contribution in [0.5, 0.6) is 0 Å². The monoisotopic (exact) mass is 272 g/mol. The van der Waals surface area contributed by atoms with Crippen molar-refractivity contribution < 1.29 is 14.7 Å². The largest absolute Gasteiger partial charge is 0.507 e. The normalized spacial score (nSPS) is 17.9. The number of aliphatic hydroxyl groups is 1. The topological polar surface area (TPSA) is 54.4 Å². The average molecular weight is 272 g/mol. The van der Waals surface area contributed by atoms with Crippen LogP contribution in [0.4, 0.5) is 0 Å². The van der Waals surface area contributed by atoms with Crippen molar-refractivity contribution in [3.63, 3.8) is 0 Å². The van der Waals surface area contributed by atoms with Crippen LogP contribution in [-0.2, 0) is 4.79 Å². The van der Waals surface area contributed by atoms with Gasteiger partial charge in [-0.15, -0.1) is 0 Å². The summed E-state index contributed by atoms with van der Waals surface area (Å²) in [6, 6.07) is 6.72. The first-order valence-electron chi connectivity index (χ1n) is 7.07. The maximum absolute atomic E-state index is 12.2. The van der Waals surface area contributed by atoms with E-state index in [0.29, 0.717) is 23.5 Å². The molecule has 0 radical (unpaired) electrons.